The molecular formula is C15H24N4O2. The Morgan fingerprint density at radius 3 is 2.71 bits per heavy atom. The van der Waals surface area contributed by atoms with Crippen molar-refractivity contribution in [3.63, 3.8) is 0 Å². The van der Waals surface area contributed by atoms with Gasteiger partial charge < -0.3 is 20.5 Å². The van der Waals surface area contributed by atoms with Crippen molar-refractivity contribution < 1.29 is 4.79 Å². The summed E-state index contributed by atoms with van der Waals surface area (Å²) < 4.78 is 1.67. The van der Waals surface area contributed by atoms with Crippen LogP contribution in [0.15, 0.2) is 23.1 Å². The molecule has 0 saturated carbocycles. The van der Waals surface area contributed by atoms with Crippen molar-refractivity contribution in [2.45, 2.75) is 38.8 Å². The summed E-state index contributed by atoms with van der Waals surface area (Å²) in [6.07, 6.45) is 4.62. The fraction of sp³-hybridized carbons (Fsp3) is 0.600. The van der Waals surface area contributed by atoms with E-state index in [4.69, 9.17) is 5.73 Å². The largest absolute Gasteiger partial charge is 0.398 e. The molecule has 1 amide bonds. The smallest absolute Gasteiger partial charge is 0.250 e. The molecule has 0 spiro atoms. The predicted octanol–water partition coefficient (Wildman–Crippen LogP) is 0.421. The number of rotatable bonds is 5. The highest BCUT2D eigenvalue weighted by atomic mass is 16.1. The molecule has 3 N–H and O–H groups in total. The van der Waals surface area contributed by atoms with Gasteiger partial charge in [-0.15, -0.1) is 0 Å². The Morgan fingerprint density at radius 2 is 2.05 bits per heavy atom. The number of aryl methyl sites for hydroxylation is 1. The Morgan fingerprint density at radius 1 is 1.33 bits per heavy atom. The maximum absolute atomic E-state index is 11.7. The number of carbonyl (C=O) groups is 1. The van der Waals surface area contributed by atoms with E-state index in [1.54, 1.807) is 23.8 Å². The van der Waals surface area contributed by atoms with Gasteiger partial charge in [-0.25, -0.2) is 0 Å². The minimum atomic E-state index is -0.00596. The predicted molar refractivity (Wildman–Crippen MR) is 83.0 cm³/mol. The van der Waals surface area contributed by atoms with Crippen LogP contribution < -0.4 is 16.6 Å². The molecule has 1 saturated heterocycles. The van der Waals surface area contributed by atoms with Crippen LogP contribution in [0.4, 0.5) is 5.69 Å². The first-order valence-electron chi connectivity index (χ1n) is 7.50. The quantitative estimate of drug-likeness (QED) is 0.824. The van der Waals surface area contributed by atoms with Gasteiger partial charge in [-0.1, -0.05) is 0 Å². The van der Waals surface area contributed by atoms with E-state index in [-0.39, 0.29) is 11.5 Å². The number of amides is 1. The van der Waals surface area contributed by atoms with Crippen molar-refractivity contribution in [1.82, 2.24) is 14.8 Å². The number of nitrogens with two attached hydrogens (primary N) is 1. The van der Waals surface area contributed by atoms with Crippen LogP contribution in [0.3, 0.4) is 0 Å². The first-order valence-corrected chi connectivity index (χ1v) is 7.50. The molecule has 2 rings (SSSR count). The first kappa shape index (κ1) is 15.6. The molecule has 1 aromatic rings. The summed E-state index contributed by atoms with van der Waals surface area (Å²) in [5.74, 6) is 0.0505. The lowest BCUT2D eigenvalue weighted by Crippen LogP contribution is -2.44. The van der Waals surface area contributed by atoms with Crippen molar-refractivity contribution in [3.05, 3.63) is 28.7 Å². The molecule has 1 fully saturated rings. The van der Waals surface area contributed by atoms with Crippen molar-refractivity contribution >= 4 is 11.6 Å². The number of pyridine rings is 1. The first-order chi connectivity index (χ1) is 10.0. The van der Waals surface area contributed by atoms with E-state index >= 15 is 0 Å². The number of aromatic nitrogens is 1. The van der Waals surface area contributed by atoms with Crippen molar-refractivity contribution in [2.24, 2.45) is 0 Å². The van der Waals surface area contributed by atoms with Crippen LogP contribution >= 0.6 is 0 Å². The third-order valence-corrected chi connectivity index (χ3v) is 3.87. The van der Waals surface area contributed by atoms with Gasteiger partial charge in [-0.05, 0) is 31.9 Å². The molecular weight excluding hydrogens is 268 g/mol. The van der Waals surface area contributed by atoms with Gasteiger partial charge in [0.25, 0.3) is 5.56 Å². The van der Waals surface area contributed by atoms with Gasteiger partial charge in [-0.3, -0.25) is 9.59 Å². The maximum atomic E-state index is 11.7. The maximum Gasteiger partial charge on any atom is 0.250 e. The molecule has 2 heterocycles. The third-order valence-electron chi connectivity index (χ3n) is 3.87. The number of hydrogen-bond acceptors (Lipinski definition) is 4. The summed E-state index contributed by atoms with van der Waals surface area (Å²) >= 11 is 0. The van der Waals surface area contributed by atoms with Crippen LogP contribution in [0.25, 0.3) is 0 Å². The SMILES string of the molecule is CC(=O)NC1CCN(CCCn2cc(N)ccc2=O)CC1. The normalized spacial score (nSPS) is 16.8. The molecule has 0 atom stereocenters. The molecule has 1 aliphatic heterocycles. The van der Waals surface area contributed by atoms with Crippen molar-refractivity contribution in [2.75, 3.05) is 25.4 Å². The van der Waals surface area contributed by atoms with Crippen LogP contribution in [-0.4, -0.2) is 41.1 Å². The van der Waals surface area contributed by atoms with Crippen molar-refractivity contribution in [3.8, 4) is 0 Å². The Hall–Kier alpha value is -1.82. The van der Waals surface area contributed by atoms with Crippen LogP contribution in [0, 0.1) is 0 Å². The molecule has 0 radical (unpaired) electrons. The second-order valence-electron chi connectivity index (χ2n) is 5.66. The Kier molecular flexibility index (Phi) is 5.38. The standard InChI is InChI=1S/C15H24N4O2/c1-12(20)17-14-5-9-18(10-6-14)7-2-8-19-11-13(16)3-4-15(19)21/h3-4,11,14H,2,5-10,16H2,1H3,(H,17,20). The number of nitrogens with zero attached hydrogens (tertiary/aromatic N) is 2. The number of likely N-dealkylation sites (tertiary alicyclic amines) is 1. The van der Waals surface area contributed by atoms with E-state index in [0.717, 1.165) is 38.9 Å². The van der Waals surface area contributed by atoms with Crippen molar-refractivity contribution in [1.29, 1.82) is 0 Å². The van der Waals surface area contributed by atoms with Gasteiger partial charge in [0.2, 0.25) is 5.91 Å². The van der Waals surface area contributed by atoms with Gasteiger partial charge >= 0.3 is 0 Å². The fourth-order valence-electron chi connectivity index (χ4n) is 2.78. The van der Waals surface area contributed by atoms with E-state index < -0.39 is 0 Å². The Labute approximate surface area is 124 Å². The Balaban J connectivity index is 1.71. The zero-order chi connectivity index (χ0) is 15.2. The zero-order valence-electron chi connectivity index (χ0n) is 12.5. The lowest BCUT2D eigenvalue weighted by atomic mass is 10.0. The fourth-order valence-corrected chi connectivity index (χ4v) is 2.78. The van der Waals surface area contributed by atoms with E-state index in [2.05, 4.69) is 10.2 Å². The number of nitrogen functional groups attached to an aromatic ring is 1. The third kappa shape index (κ3) is 4.90. The second kappa shape index (κ2) is 7.26. The molecule has 0 unspecified atom stereocenters. The van der Waals surface area contributed by atoms with Crippen LogP contribution in [0.1, 0.15) is 26.2 Å². The Bertz CT molecular complexity index is 533. The molecule has 0 aromatic carbocycles. The van der Waals surface area contributed by atoms with Gasteiger partial charge in [0.1, 0.15) is 0 Å². The number of nitrogens with one attached hydrogen (secondary N) is 1. The second-order valence-corrected chi connectivity index (χ2v) is 5.66. The summed E-state index contributed by atoms with van der Waals surface area (Å²) in [6, 6.07) is 3.45. The van der Waals surface area contributed by atoms with E-state index in [1.807, 2.05) is 0 Å². The topological polar surface area (TPSA) is 80.4 Å². The average molecular weight is 292 g/mol. The van der Waals surface area contributed by atoms with Gasteiger partial charge in [0.15, 0.2) is 0 Å². The molecule has 1 aromatic heterocycles. The summed E-state index contributed by atoms with van der Waals surface area (Å²) in [5, 5.41) is 2.97. The summed E-state index contributed by atoms with van der Waals surface area (Å²) in [6.45, 7) is 5.22. The van der Waals surface area contributed by atoms with Gasteiger partial charge in [-0.2, -0.15) is 0 Å². The molecule has 116 valence electrons. The highest BCUT2D eigenvalue weighted by Crippen LogP contribution is 2.10. The van der Waals surface area contributed by atoms with E-state index in [9.17, 15) is 9.59 Å². The molecule has 1 aliphatic rings. The summed E-state index contributed by atoms with van der Waals surface area (Å²) in [4.78, 5) is 25.1. The lowest BCUT2D eigenvalue weighted by molar-refractivity contribution is -0.119. The summed E-state index contributed by atoms with van der Waals surface area (Å²) in [7, 11) is 0. The molecule has 0 bridgehead atoms. The monoisotopic (exact) mass is 292 g/mol. The van der Waals surface area contributed by atoms with Gasteiger partial charge in [0, 0.05) is 50.6 Å². The number of anilines is 1. The number of piperidine rings is 1. The van der Waals surface area contributed by atoms with E-state index in [0.29, 0.717) is 18.3 Å². The molecule has 0 aliphatic carbocycles. The molecule has 21 heavy (non-hydrogen) atoms. The zero-order valence-corrected chi connectivity index (χ0v) is 12.5. The van der Waals surface area contributed by atoms with Gasteiger partial charge in [0.05, 0.1) is 0 Å². The lowest BCUT2D eigenvalue weighted by Gasteiger charge is -2.32. The van der Waals surface area contributed by atoms with Crippen LogP contribution in [0.5, 0.6) is 0 Å². The number of hydrogen-bond donors (Lipinski definition) is 2. The van der Waals surface area contributed by atoms with Crippen LogP contribution in [-0.2, 0) is 11.3 Å². The molecule has 6 nitrogen and oxygen atoms in total. The van der Waals surface area contributed by atoms with Crippen LogP contribution in [0.2, 0.25) is 0 Å². The minimum absolute atomic E-state index is 0.00596. The molecule has 6 heteroatoms. The summed E-state index contributed by atoms with van der Waals surface area (Å²) in [5.41, 5.74) is 6.30. The average Bonchev–Trinajstić information content (AvgIpc) is 2.44. The highest BCUT2D eigenvalue weighted by molar-refractivity contribution is 5.73. The minimum Gasteiger partial charge on any atom is -0.398 e. The highest BCUT2D eigenvalue weighted by Gasteiger charge is 2.19. The number of carbonyl (C=O) groups excluding carboxylic acids is 1. The van der Waals surface area contributed by atoms with E-state index in [1.165, 1.54) is 6.07 Å².